The molecule has 0 saturated heterocycles. The van der Waals surface area contributed by atoms with Crippen molar-refractivity contribution in [1.82, 2.24) is 25.6 Å². The van der Waals surface area contributed by atoms with Gasteiger partial charge in [0.1, 0.15) is 5.76 Å². The smallest absolute Gasteiger partial charge is 0.253 e. The van der Waals surface area contributed by atoms with Gasteiger partial charge in [-0.05, 0) is 18.9 Å². The van der Waals surface area contributed by atoms with Crippen LogP contribution in [0.25, 0.3) is 11.5 Å². The lowest BCUT2D eigenvalue weighted by atomic mass is 10.2. The quantitative estimate of drug-likeness (QED) is 0.723. The van der Waals surface area contributed by atoms with Crippen LogP contribution in [0, 0.1) is 0 Å². The maximum Gasteiger partial charge on any atom is 0.253 e. The van der Waals surface area contributed by atoms with Crippen LogP contribution in [0.15, 0.2) is 33.4 Å². The fourth-order valence-electron chi connectivity index (χ4n) is 2.28. The Balaban J connectivity index is 1.37. The zero-order valence-electron chi connectivity index (χ0n) is 13.4. The summed E-state index contributed by atoms with van der Waals surface area (Å²) in [6.45, 7) is 0.102. The van der Waals surface area contributed by atoms with Gasteiger partial charge in [-0.15, -0.1) is 0 Å². The first-order chi connectivity index (χ1) is 12.2. The molecular weight excluding hydrogens is 326 g/mol. The van der Waals surface area contributed by atoms with E-state index in [2.05, 4.69) is 25.6 Å². The van der Waals surface area contributed by atoms with Crippen LogP contribution in [0.4, 0.5) is 0 Å². The lowest BCUT2D eigenvalue weighted by Gasteiger charge is -2.02. The van der Waals surface area contributed by atoms with Gasteiger partial charge < -0.3 is 19.1 Å². The van der Waals surface area contributed by atoms with Gasteiger partial charge in [0.15, 0.2) is 5.69 Å². The minimum absolute atomic E-state index is 0.102. The van der Waals surface area contributed by atoms with Gasteiger partial charge in [0, 0.05) is 24.2 Å². The molecule has 0 unspecified atom stereocenters. The highest BCUT2D eigenvalue weighted by atomic mass is 16.5. The third-order valence-corrected chi connectivity index (χ3v) is 3.81. The van der Waals surface area contributed by atoms with Crippen LogP contribution >= 0.6 is 0 Å². The van der Waals surface area contributed by atoms with Crippen molar-refractivity contribution in [3.8, 4) is 17.4 Å². The maximum absolute atomic E-state index is 12.1. The zero-order chi connectivity index (χ0) is 17.2. The Bertz CT molecular complexity index is 882. The molecule has 3 heterocycles. The lowest BCUT2D eigenvalue weighted by Crippen LogP contribution is -2.23. The second kappa shape index (κ2) is 6.34. The highest BCUT2D eigenvalue weighted by molar-refractivity contribution is 5.93. The number of pyridine rings is 1. The molecule has 3 aromatic heterocycles. The summed E-state index contributed by atoms with van der Waals surface area (Å²) in [4.78, 5) is 20.3. The molecule has 1 fully saturated rings. The Morgan fingerprint density at radius 3 is 2.92 bits per heavy atom. The van der Waals surface area contributed by atoms with Crippen molar-refractivity contribution in [1.29, 1.82) is 0 Å². The molecular formula is C16H15N5O4. The minimum atomic E-state index is -0.299. The number of aromatic nitrogens is 4. The number of nitrogens with zero attached hydrogens (tertiary/aromatic N) is 4. The molecule has 1 saturated carbocycles. The second-order valence-electron chi connectivity index (χ2n) is 5.67. The third-order valence-electron chi connectivity index (χ3n) is 3.81. The molecule has 128 valence electrons. The molecule has 9 nitrogen and oxygen atoms in total. The molecule has 9 heteroatoms. The molecule has 25 heavy (non-hydrogen) atoms. The number of amides is 1. The number of rotatable bonds is 6. The molecule has 1 amide bonds. The first-order valence-electron chi connectivity index (χ1n) is 7.81. The van der Waals surface area contributed by atoms with Crippen LogP contribution < -0.4 is 10.1 Å². The number of methoxy groups -OCH3 is 1. The molecule has 1 aliphatic rings. The van der Waals surface area contributed by atoms with Gasteiger partial charge in [-0.3, -0.25) is 4.79 Å². The maximum atomic E-state index is 12.1. The largest absolute Gasteiger partial charge is 0.481 e. The Kier molecular flexibility index (Phi) is 3.88. The molecule has 0 atom stereocenters. The Morgan fingerprint density at radius 2 is 2.20 bits per heavy atom. The monoisotopic (exact) mass is 341 g/mol. The van der Waals surface area contributed by atoms with E-state index in [4.69, 9.17) is 13.8 Å². The van der Waals surface area contributed by atoms with Crippen LogP contribution in [0.3, 0.4) is 0 Å². The van der Waals surface area contributed by atoms with E-state index in [1.165, 1.54) is 13.3 Å². The fraction of sp³-hybridized carbons (Fsp3) is 0.312. The van der Waals surface area contributed by atoms with Crippen LogP contribution in [-0.2, 0) is 6.54 Å². The van der Waals surface area contributed by atoms with E-state index >= 15 is 0 Å². The predicted octanol–water partition coefficient (Wildman–Crippen LogP) is 1.94. The van der Waals surface area contributed by atoms with E-state index < -0.39 is 0 Å². The van der Waals surface area contributed by atoms with Crippen molar-refractivity contribution in [3.05, 3.63) is 41.6 Å². The first kappa shape index (κ1) is 15.3. The number of hydrogen-bond donors (Lipinski definition) is 1. The molecule has 0 aromatic carbocycles. The van der Waals surface area contributed by atoms with E-state index in [-0.39, 0.29) is 18.3 Å². The van der Waals surface area contributed by atoms with E-state index in [1.807, 2.05) is 6.07 Å². The molecule has 4 rings (SSSR count). The Labute approximate surface area is 142 Å². The van der Waals surface area contributed by atoms with Crippen LogP contribution in [0.2, 0.25) is 0 Å². The van der Waals surface area contributed by atoms with Crippen molar-refractivity contribution in [2.75, 3.05) is 7.11 Å². The first-order valence-corrected chi connectivity index (χ1v) is 7.81. The molecule has 0 radical (unpaired) electrons. The number of carbonyl (C=O) groups excluding carboxylic acids is 1. The summed E-state index contributed by atoms with van der Waals surface area (Å²) in [5.41, 5.74) is 0.939. The van der Waals surface area contributed by atoms with E-state index in [0.29, 0.717) is 28.9 Å². The van der Waals surface area contributed by atoms with Crippen LogP contribution in [0.5, 0.6) is 5.88 Å². The second-order valence-corrected chi connectivity index (χ2v) is 5.67. The summed E-state index contributed by atoms with van der Waals surface area (Å²) in [6, 6.07) is 5.06. The van der Waals surface area contributed by atoms with E-state index in [9.17, 15) is 4.79 Å². The predicted molar refractivity (Wildman–Crippen MR) is 83.7 cm³/mol. The minimum Gasteiger partial charge on any atom is -0.481 e. The van der Waals surface area contributed by atoms with Crippen molar-refractivity contribution in [2.45, 2.75) is 25.3 Å². The van der Waals surface area contributed by atoms with Crippen LogP contribution in [-0.4, -0.2) is 33.3 Å². The Hall–Kier alpha value is -3.23. The molecule has 1 aliphatic carbocycles. The average Bonchev–Trinajstić information content (AvgIpc) is 3.19. The topological polar surface area (TPSA) is 116 Å². The van der Waals surface area contributed by atoms with Crippen molar-refractivity contribution in [2.24, 2.45) is 0 Å². The van der Waals surface area contributed by atoms with Gasteiger partial charge in [0.05, 0.1) is 19.2 Å². The average molecular weight is 341 g/mol. The zero-order valence-corrected chi connectivity index (χ0v) is 13.4. The van der Waals surface area contributed by atoms with Crippen molar-refractivity contribution in [3.63, 3.8) is 0 Å². The summed E-state index contributed by atoms with van der Waals surface area (Å²) in [5.74, 6) is 2.07. The molecule has 0 spiro atoms. The SMILES string of the molecule is COc1ccc(C(=O)NCc2nc(-c3cc(C4CC4)on3)no2)cn1. The van der Waals surface area contributed by atoms with Crippen molar-refractivity contribution < 1.29 is 18.6 Å². The molecule has 1 N–H and O–H groups in total. The Morgan fingerprint density at radius 1 is 1.32 bits per heavy atom. The molecule has 0 bridgehead atoms. The van der Waals surface area contributed by atoms with E-state index in [0.717, 1.165) is 18.6 Å². The number of carbonyl (C=O) groups is 1. The van der Waals surface area contributed by atoms with Gasteiger partial charge >= 0.3 is 0 Å². The van der Waals surface area contributed by atoms with Gasteiger partial charge in [-0.25, -0.2) is 4.98 Å². The lowest BCUT2D eigenvalue weighted by molar-refractivity contribution is 0.0946. The molecule has 3 aromatic rings. The number of ether oxygens (including phenoxy) is 1. The summed E-state index contributed by atoms with van der Waals surface area (Å²) < 4.78 is 15.4. The number of hydrogen-bond acceptors (Lipinski definition) is 8. The fourth-order valence-corrected chi connectivity index (χ4v) is 2.28. The van der Waals surface area contributed by atoms with E-state index in [1.54, 1.807) is 12.1 Å². The highest BCUT2D eigenvalue weighted by Crippen LogP contribution is 2.40. The standard InChI is InChI=1S/C16H15N5O4/c1-23-13-5-4-10(7-17-13)16(22)18-8-14-19-15(21-25-14)11-6-12(24-20-11)9-2-3-9/h4-7,9H,2-3,8H2,1H3,(H,18,22). The van der Waals surface area contributed by atoms with Gasteiger partial charge in [-0.1, -0.05) is 10.3 Å². The highest BCUT2D eigenvalue weighted by Gasteiger charge is 2.28. The van der Waals surface area contributed by atoms with Crippen LogP contribution in [0.1, 0.15) is 40.8 Å². The summed E-state index contributed by atoms with van der Waals surface area (Å²) in [6.07, 6.45) is 3.68. The van der Waals surface area contributed by atoms with Crippen molar-refractivity contribution >= 4 is 5.91 Å². The summed E-state index contributed by atoms with van der Waals surface area (Å²) >= 11 is 0. The van der Waals surface area contributed by atoms with Gasteiger partial charge in [0.25, 0.3) is 5.91 Å². The summed E-state index contributed by atoms with van der Waals surface area (Å²) in [7, 11) is 1.51. The van der Waals surface area contributed by atoms with Gasteiger partial charge in [-0.2, -0.15) is 4.98 Å². The third kappa shape index (κ3) is 3.35. The van der Waals surface area contributed by atoms with Gasteiger partial charge in [0.2, 0.25) is 17.6 Å². The molecule has 0 aliphatic heterocycles. The number of nitrogens with one attached hydrogen (secondary N) is 1. The normalized spacial score (nSPS) is 13.6. The summed E-state index contributed by atoms with van der Waals surface area (Å²) in [5, 5.41) is 10.5.